The van der Waals surface area contributed by atoms with E-state index in [0.29, 0.717) is 12.2 Å². The molecule has 0 aromatic heterocycles. The largest absolute Gasteiger partial charge is 0.372 e. The summed E-state index contributed by atoms with van der Waals surface area (Å²) in [7, 11) is 0. The van der Waals surface area contributed by atoms with Gasteiger partial charge in [-0.05, 0) is 25.5 Å². The van der Waals surface area contributed by atoms with Crippen molar-refractivity contribution >= 4 is 0 Å². The number of ether oxygens (including phenoxy) is 1. The molecule has 1 heterocycles. The Morgan fingerprint density at radius 2 is 2.27 bits per heavy atom. The van der Waals surface area contributed by atoms with Crippen molar-refractivity contribution in [3.8, 4) is 0 Å². The van der Waals surface area contributed by atoms with E-state index < -0.39 is 0 Å². The smallest absolute Gasteiger partial charge is 0.128 e. The van der Waals surface area contributed by atoms with E-state index in [0.717, 1.165) is 25.9 Å². The molecule has 82 valence electrons. The van der Waals surface area contributed by atoms with Crippen molar-refractivity contribution in [2.75, 3.05) is 13.1 Å². The van der Waals surface area contributed by atoms with Crippen molar-refractivity contribution in [1.82, 2.24) is 5.32 Å². The molecule has 15 heavy (non-hydrogen) atoms. The van der Waals surface area contributed by atoms with Crippen molar-refractivity contribution in [2.24, 2.45) is 0 Å². The molecule has 2 nitrogen and oxygen atoms in total. The molecule has 0 bridgehead atoms. The van der Waals surface area contributed by atoms with Crippen LogP contribution in [0.15, 0.2) is 24.3 Å². The molecule has 1 aromatic rings. The third-order valence-electron chi connectivity index (χ3n) is 2.68. The van der Waals surface area contributed by atoms with Crippen LogP contribution < -0.4 is 5.32 Å². The van der Waals surface area contributed by atoms with E-state index in [4.69, 9.17) is 4.74 Å². The summed E-state index contributed by atoms with van der Waals surface area (Å²) < 4.78 is 18.9. The van der Waals surface area contributed by atoms with Crippen LogP contribution in [0.1, 0.15) is 18.4 Å². The highest BCUT2D eigenvalue weighted by atomic mass is 19.1. The molecule has 0 amide bonds. The molecule has 0 saturated carbocycles. The predicted molar refractivity (Wildman–Crippen MR) is 57.1 cm³/mol. The molecule has 1 aliphatic heterocycles. The van der Waals surface area contributed by atoms with Crippen LogP contribution in [0.4, 0.5) is 4.39 Å². The third kappa shape index (κ3) is 3.01. The fraction of sp³-hybridized carbons (Fsp3) is 0.500. The molecule has 1 aliphatic rings. The standard InChI is InChI=1S/C12H16FNO/c13-12-6-2-1-4-10(12)9-15-11-5-3-7-14-8-11/h1-2,4,6,11,14H,3,5,7-9H2. The maximum absolute atomic E-state index is 13.2. The molecular formula is C12H16FNO. The van der Waals surface area contributed by atoms with Crippen LogP contribution in [-0.2, 0) is 11.3 Å². The Bertz CT molecular complexity index is 310. The highest BCUT2D eigenvalue weighted by Gasteiger charge is 2.13. The molecular weight excluding hydrogens is 193 g/mol. The lowest BCUT2D eigenvalue weighted by Crippen LogP contribution is -2.35. The molecule has 1 N–H and O–H groups in total. The van der Waals surface area contributed by atoms with Crippen LogP contribution in [0.25, 0.3) is 0 Å². The quantitative estimate of drug-likeness (QED) is 0.823. The second kappa shape index (κ2) is 5.24. The summed E-state index contributed by atoms with van der Waals surface area (Å²) in [5.74, 6) is -0.179. The lowest BCUT2D eigenvalue weighted by atomic mass is 10.1. The summed E-state index contributed by atoms with van der Waals surface area (Å²) in [5, 5.41) is 3.27. The molecule has 1 unspecified atom stereocenters. The number of nitrogens with one attached hydrogen (secondary N) is 1. The number of halogens is 1. The average Bonchev–Trinajstić information content (AvgIpc) is 2.29. The predicted octanol–water partition coefficient (Wildman–Crippen LogP) is 2.09. The van der Waals surface area contributed by atoms with Crippen LogP contribution >= 0.6 is 0 Å². The van der Waals surface area contributed by atoms with Gasteiger partial charge in [-0.25, -0.2) is 4.39 Å². The molecule has 3 heteroatoms. The molecule has 2 rings (SSSR count). The Balaban J connectivity index is 1.84. The summed E-state index contributed by atoms with van der Waals surface area (Å²) in [5.41, 5.74) is 0.642. The zero-order valence-electron chi connectivity index (χ0n) is 8.71. The van der Waals surface area contributed by atoms with Crippen LogP contribution in [-0.4, -0.2) is 19.2 Å². The van der Waals surface area contributed by atoms with E-state index in [-0.39, 0.29) is 11.9 Å². The first-order valence-electron chi connectivity index (χ1n) is 5.42. The van der Waals surface area contributed by atoms with E-state index in [2.05, 4.69) is 5.32 Å². The van der Waals surface area contributed by atoms with E-state index in [1.54, 1.807) is 12.1 Å². The lowest BCUT2D eigenvalue weighted by molar-refractivity contribution is 0.0239. The minimum Gasteiger partial charge on any atom is -0.372 e. The van der Waals surface area contributed by atoms with Crippen molar-refractivity contribution in [3.05, 3.63) is 35.6 Å². The molecule has 0 aliphatic carbocycles. The van der Waals surface area contributed by atoms with Gasteiger partial charge in [-0.1, -0.05) is 18.2 Å². The number of hydrogen-bond acceptors (Lipinski definition) is 2. The number of hydrogen-bond donors (Lipinski definition) is 1. The second-order valence-electron chi connectivity index (χ2n) is 3.87. The summed E-state index contributed by atoms with van der Waals surface area (Å²) in [6.45, 7) is 2.33. The van der Waals surface area contributed by atoms with E-state index in [1.165, 1.54) is 6.07 Å². The molecule has 1 saturated heterocycles. The Labute approximate surface area is 89.4 Å². The minimum atomic E-state index is -0.179. The first-order chi connectivity index (χ1) is 7.36. The Morgan fingerprint density at radius 3 is 3.00 bits per heavy atom. The van der Waals surface area contributed by atoms with Crippen molar-refractivity contribution < 1.29 is 9.13 Å². The van der Waals surface area contributed by atoms with Gasteiger partial charge in [0.15, 0.2) is 0 Å². The Kier molecular flexibility index (Phi) is 3.69. The van der Waals surface area contributed by atoms with Gasteiger partial charge in [0.25, 0.3) is 0 Å². The molecule has 0 spiro atoms. The van der Waals surface area contributed by atoms with Crippen molar-refractivity contribution in [2.45, 2.75) is 25.6 Å². The lowest BCUT2D eigenvalue weighted by Gasteiger charge is -2.23. The molecule has 1 atom stereocenters. The number of rotatable bonds is 3. The van der Waals surface area contributed by atoms with Gasteiger partial charge >= 0.3 is 0 Å². The summed E-state index contributed by atoms with van der Waals surface area (Å²) >= 11 is 0. The zero-order valence-corrected chi connectivity index (χ0v) is 8.71. The SMILES string of the molecule is Fc1ccccc1COC1CCCNC1. The number of piperidine rings is 1. The molecule has 1 fully saturated rings. The normalized spacial score (nSPS) is 21.5. The Hall–Kier alpha value is -0.930. The Morgan fingerprint density at radius 1 is 1.40 bits per heavy atom. The minimum absolute atomic E-state index is 0.179. The maximum Gasteiger partial charge on any atom is 0.128 e. The van der Waals surface area contributed by atoms with E-state index in [1.807, 2.05) is 6.07 Å². The van der Waals surface area contributed by atoms with Crippen LogP contribution in [0.5, 0.6) is 0 Å². The van der Waals surface area contributed by atoms with Gasteiger partial charge in [0, 0.05) is 12.1 Å². The zero-order chi connectivity index (χ0) is 10.5. The van der Waals surface area contributed by atoms with Gasteiger partial charge in [-0.15, -0.1) is 0 Å². The van der Waals surface area contributed by atoms with Crippen LogP contribution in [0, 0.1) is 5.82 Å². The topological polar surface area (TPSA) is 21.3 Å². The molecule has 1 aromatic carbocycles. The average molecular weight is 209 g/mol. The van der Waals surface area contributed by atoms with Crippen molar-refractivity contribution in [1.29, 1.82) is 0 Å². The third-order valence-corrected chi connectivity index (χ3v) is 2.68. The van der Waals surface area contributed by atoms with Gasteiger partial charge in [0.05, 0.1) is 12.7 Å². The summed E-state index contributed by atoms with van der Waals surface area (Å²) in [6, 6.07) is 6.77. The monoisotopic (exact) mass is 209 g/mol. The van der Waals surface area contributed by atoms with Gasteiger partial charge in [0.1, 0.15) is 5.82 Å². The number of benzene rings is 1. The first-order valence-corrected chi connectivity index (χ1v) is 5.42. The fourth-order valence-corrected chi connectivity index (χ4v) is 1.79. The summed E-state index contributed by atoms with van der Waals surface area (Å²) in [6.07, 6.45) is 2.45. The van der Waals surface area contributed by atoms with Gasteiger partial charge in [0.2, 0.25) is 0 Å². The van der Waals surface area contributed by atoms with Gasteiger partial charge < -0.3 is 10.1 Å². The first kappa shape index (κ1) is 10.6. The van der Waals surface area contributed by atoms with Crippen LogP contribution in [0.3, 0.4) is 0 Å². The highest BCUT2D eigenvalue weighted by molar-refractivity contribution is 5.16. The highest BCUT2D eigenvalue weighted by Crippen LogP contribution is 2.12. The summed E-state index contributed by atoms with van der Waals surface area (Å²) in [4.78, 5) is 0. The molecule has 0 radical (unpaired) electrons. The van der Waals surface area contributed by atoms with Crippen molar-refractivity contribution in [3.63, 3.8) is 0 Å². The van der Waals surface area contributed by atoms with Crippen LogP contribution in [0.2, 0.25) is 0 Å². The fourth-order valence-electron chi connectivity index (χ4n) is 1.79. The second-order valence-corrected chi connectivity index (χ2v) is 3.87. The maximum atomic E-state index is 13.2. The van der Waals surface area contributed by atoms with E-state index in [9.17, 15) is 4.39 Å². The van der Waals surface area contributed by atoms with Gasteiger partial charge in [-0.2, -0.15) is 0 Å². The van der Waals surface area contributed by atoms with Gasteiger partial charge in [-0.3, -0.25) is 0 Å². The van der Waals surface area contributed by atoms with E-state index >= 15 is 0 Å².